The number of carbonyl (C=O) groups excluding carboxylic acids is 2. The molecule has 0 bridgehead atoms. The number of aliphatic hydroxyl groups is 1. The number of rotatable bonds is 7. The fraction of sp³-hybridized carbons (Fsp3) is 0.222. The number of anilines is 1. The van der Waals surface area contributed by atoms with Gasteiger partial charge in [0.05, 0.1) is 35.2 Å². The lowest BCUT2D eigenvalue weighted by atomic mass is 9.90. The van der Waals surface area contributed by atoms with Gasteiger partial charge in [0.1, 0.15) is 6.04 Å². The predicted octanol–water partition coefficient (Wildman–Crippen LogP) is 3.10. The number of carbonyl (C=O) groups is 2. The standard InChI is InChI=1S/C27H25BrN4O5S/c1-38(36,37)21-11-9-19(10-12-21)30-32-23(25(33)17-5-7-18(28)8-6-17)14-13-22-24(32)27(35)31(26(22)34)16-20-4-2-3-15-29-20/h2-15,22-25,30,33H,16H2,1H3/t22-,23-,24+,25-/m1/s1. The number of hydrogen-bond donors (Lipinski definition) is 2. The zero-order chi connectivity index (χ0) is 27.0. The van der Waals surface area contributed by atoms with Gasteiger partial charge >= 0.3 is 0 Å². The van der Waals surface area contributed by atoms with E-state index in [1.54, 1.807) is 65.8 Å². The fourth-order valence-corrected chi connectivity index (χ4v) is 5.62. The summed E-state index contributed by atoms with van der Waals surface area (Å²) in [6, 6.07) is 16.9. The van der Waals surface area contributed by atoms with Crippen molar-refractivity contribution in [2.45, 2.75) is 29.6 Å². The molecule has 5 rings (SSSR count). The molecule has 9 nitrogen and oxygen atoms in total. The Morgan fingerprint density at radius 3 is 2.34 bits per heavy atom. The Morgan fingerprint density at radius 1 is 1.00 bits per heavy atom. The predicted molar refractivity (Wildman–Crippen MR) is 144 cm³/mol. The Labute approximate surface area is 228 Å². The van der Waals surface area contributed by atoms with E-state index in [1.165, 1.54) is 17.0 Å². The molecule has 0 saturated carbocycles. The summed E-state index contributed by atoms with van der Waals surface area (Å²) in [5.74, 6) is -1.52. The van der Waals surface area contributed by atoms with Crippen LogP contribution in [0.2, 0.25) is 0 Å². The Hall–Kier alpha value is -3.38. The number of aromatic nitrogens is 1. The van der Waals surface area contributed by atoms with Crippen LogP contribution in [-0.4, -0.2) is 58.6 Å². The first-order valence-corrected chi connectivity index (χ1v) is 14.5. The van der Waals surface area contributed by atoms with Crippen molar-refractivity contribution < 1.29 is 23.1 Å². The van der Waals surface area contributed by atoms with Crippen molar-refractivity contribution in [3.05, 3.63) is 101 Å². The number of pyridine rings is 1. The smallest absolute Gasteiger partial charge is 0.249 e. The Kier molecular flexibility index (Phi) is 7.19. The highest BCUT2D eigenvalue weighted by molar-refractivity contribution is 9.10. The van der Waals surface area contributed by atoms with Gasteiger partial charge in [-0.3, -0.25) is 19.5 Å². The molecule has 3 heterocycles. The Balaban J connectivity index is 1.50. The molecule has 2 amide bonds. The quantitative estimate of drug-likeness (QED) is 0.315. The van der Waals surface area contributed by atoms with Gasteiger partial charge < -0.3 is 10.5 Å². The summed E-state index contributed by atoms with van der Waals surface area (Å²) in [4.78, 5) is 32.6. The number of sulfone groups is 1. The van der Waals surface area contributed by atoms with Crippen molar-refractivity contribution in [2.75, 3.05) is 11.7 Å². The van der Waals surface area contributed by atoms with Gasteiger partial charge in [0.25, 0.3) is 0 Å². The monoisotopic (exact) mass is 596 g/mol. The topological polar surface area (TPSA) is 120 Å². The van der Waals surface area contributed by atoms with E-state index in [0.29, 0.717) is 16.9 Å². The molecule has 0 radical (unpaired) electrons. The van der Waals surface area contributed by atoms with E-state index in [2.05, 4.69) is 26.3 Å². The average Bonchev–Trinajstić information content (AvgIpc) is 3.14. The number of hydrazine groups is 1. The maximum Gasteiger partial charge on any atom is 0.249 e. The van der Waals surface area contributed by atoms with Gasteiger partial charge in [-0.05, 0) is 54.1 Å². The van der Waals surface area contributed by atoms with Crippen molar-refractivity contribution in [3.8, 4) is 0 Å². The maximum atomic E-state index is 13.7. The molecular formula is C27H25BrN4O5S. The summed E-state index contributed by atoms with van der Waals surface area (Å²) in [5.41, 5.74) is 4.89. The normalized spacial score (nSPS) is 22.4. The second kappa shape index (κ2) is 10.4. The van der Waals surface area contributed by atoms with Crippen LogP contribution < -0.4 is 5.43 Å². The third kappa shape index (κ3) is 5.14. The summed E-state index contributed by atoms with van der Waals surface area (Å²) in [5, 5.41) is 13.0. The minimum absolute atomic E-state index is 0.0379. The van der Waals surface area contributed by atoms with E-state index in [9.17, 15) is 23.1 Å². The van der Waals surface area contributed by atoms with Crippen LogP contribution in [0.5, 0.6) is 0 Å². The number of halogens is 1. The van der Waals surface area contributed by atoms with Crippen LogP contribution in [0.4, 0.5) is 5.69 Å². The van der Waals surface area contributed by atoms with E-state index in [4.69, 9.17) is 0 Å². The Bertz CT molecular complexity index is 1480. The molecule has 2 aliphatic heterocycles. The van der Waals surface area contributed by atoms with Crippen molar-refractivity contribution in [1.82, 2.24) is 14.9 Å². The van der Waals surface area contributed by atoms with Gasteiger partial charge in [0.15, 0.2) is 9.84 Å². The highest BCUT2D eigenvalue weighted by Crippen LogP contribution is 2.37. The summed E-state index contributed by atoms with van der Waals surface area (Å²) < 4.78 is 24.7. The summed E-state index contributed by atoms with van der Waals surface area (Å²) in [6.45, 7) is 0.0379. The molecule has 1 aromatic heterocycles. The summed E-state index contributed by atoms with van der Waals surface area (Å²) in [7, 11) is -3.39. The third-order valence-corrected chi connectivity index (χ3v) is 8.33. The van der Waals surface area contributed by atoms with Gasteiger partial charge in [-0.15, -0.1) is 0 Å². The average molecular weight is 597 g/mol. The number of amides is 2. The first-order valence-electron chi connectivity index (χ1n) is 11.9. The molecule has 0 unspecified atom stereocenters. The third-order valence-electron chi connectivity index (χ3n) is 6.67. The van der Waals surface area contributed by atoms with Crippen molar-refractivity contribution in [3.63, 3.8) is 0 Å². The second-order valence-electron chi connectivity index (χ2n) is 9.24. The van der Waals surface area contributed by atoms with Crippen LogP contribution in [0, 0.1) is 5.92 Å². The molecule has 0 aliphatic carbocycles. The molecule has 1 fully saturated rings. The van der Waals surface area contributed by atoms with Gasteiger partial charge in [0.2, 0.25) is 11.8 Å². The number of benzene rings is 2. The van der Waals surface area contributed by atoms with Crippen LogP contribution in [0.1, 0.15) is 17.4 Å². The van der Waals surface area contributed by atoms with Gasteiger partial charge in [-0.2, -0.15) is 0 Å². The lowest BCUT2D eigenvalue weighted by Gasteiger charge is -2.40. The number of aliphatic hydroxyl groups excluding tert-OH is 1. The van der Waals surface area contributed by atoms with E-state index < -0.39 is 39.8 Å². The highest BCUT2D eigenvalue weighted by Gasteiger charge is 2.53. The van der Waals surface area contributed by atoms with E-state index >= 15 is 0 Å². The van der Waals surface area contributed by atoms with Crippen molar-refractivity contribution in [2.24, 2.45) is 5.92 Å². The zero-order valence-corrected chi connectivity index (χ0v) is 22.7. The lowest BCUT2D eigenvalue weighted by Crippen LogP contribution is -2.55. The van der Waals surface area contributed by atoms with Crippen molar-refractivity contribution in [1.29, 1.82) is 0 Å². The van der Waals surface area contributed by atoms with Crippen LogP contribution in [0.15, 0.2) is 94.4 Å². The number of nitrogens with one attached hydrogen (secondary N) is 1. The second-order valence-corrected chi connectivity index (χ2v) is 12.2. The maximum absolute atomic E-state index is 13.7. The summed E-state index contributed by atoms with van der Waals surface area (Å²) >= 11 is 3.40. The molecule has 2 aromatic carbocycles. The van der Waals surface area contributed by atoms with Crippen LogP contribution in [0.3, 0.4) is 0 Å². The molecule has 4 atom stereocenters. The van der Waals surface area contributed by atoms with Crippen molar-refractivity contribution >= 4 is 43.3 Å². The number of fused-ring (bicyclic) bond motifs is 1. The van der Waals surface area contributed by atoms with Crippen LogP contribution in [0.25, 0.3) is 0 Å². The Morgan fingerprint density at radius 2 is 1.71 bits per heavy atom. The van der Waals surface area contributed by atoms with Gasteiger partial charge in [0, 0.05) is 22.6 Å². The first-order chi connectivity index (χ1) is 18.1. The SMILES string of the molecule is CS(=O)(=O)c1ccc(NN2[C@@H]([C@H](O)c3ccc(Br)cc3)C=C[C@H]3C(=O)N(Cc4ccccn4)C(=O)[C@H]32)cc1. The minimum atomic E-state index is -3.39. The van der Waals surface area contributed by atoms with Crippen LogP contribution >= 0.6 is 15.9 Å². The fourth-order valence-electron chi connectivity index (χ4n) is 4.72. The van der Waals surface area contributed by atoms with Gasteiger partial charge in [-0.25, -0.2) is 13.4 Å². The molecule has 196 valence electrons. The molecule has 2 N–H and O–H groups in total. The van der Waals surface area contributed by atoms with E-state index in [0.717, 1.165) is 10.7 Å². The molecule has 11 heteroatoms. The molecule has 38 heavy (non-hydrogen) atoms. The molecule has 1 saturated heterocycles. The zero-order valence-electron chi connectivity index (χ0n) is 20.3. The molecular weight excluding hydrogens is 572 g/mol. The number of nitrogens with zero attached hydrogens (tertiary/aromatic N) is 3. The molecule has 0 spiro atoms. The van der Waals surface area contributed by atoms with E-state index in [1.807, 2.05) is 12.1 Å². The molecule has 2 aliphatic rings. The van der Waals surface area contributed by atoms with Gasteiger partial charge in [-0.1, -0.05) is 46.3 Å². The first kappa shape index (κ1) is 26.2. The lowest BCUT2D eigenvalue weighted by molar-refractivity contribution is -0.140. The number of hydrogen-bond acceptors (Lipinski definition) is 8. The highest BCUT2D eigenvalue weighted by atomic mass is 79.9. The number of imide groups is 1. The molecule has 3 aromatic rings. The van der Waals surface area contributed by atoms with Crippen LogP contribution in [-0.2, 0) is 26.0 Å². The largest absolute Gasteiger partial charge is 0.386 e. The number of likely N-dealkylation sites (tertiary alicyclic amines) is 1. The minimum Gasteiger partial charge on any atom is -0.386 e. The van der Waals surface area contributed by atoms with E-state index in [-0.39, 0.29) is 17.3 Å². The summed E-state index contributed by atoms with van der Waals surface area (Å²) in [6.07, 6.45) is 5.10.